The van der Waals surface area contributed by atoms with Crippen LogP contribution in [-0.4, -0.2) is 37.2 Å². The van der Waals surface area contributed by atoms with Gasteiger partial charge in [-0.15, -0.1) is 0 Å². The van der Waals surface area contributed by atoms with Crippen molar-refractivity contribution < 1.29 is 28.6 Å². The van der Waals surface area contributed by atoms with Gasteiger partial charge in [0.1, 0.15) is 13.2 Å². The molecule has 0 amide bonds. The minimum atomic E-state index is -0.780. The highest BCUT2D eigenvalue weighted by Gasteiger charge is 2.19. The Bertz CT molecular complexity index is 1480. The first-order valence-corrected chi connectivity index (χ1v) is 33.6. The Morgan fingerprint density at radius 3 is 0.808 bits per heavy atom. The molecule has 0 aliphatic heterocycles. The van der Waals surface area contributed by atoms with Crippen LogP contribution in [0.5, 0.6) is 0 Å². The van der Waals surface area contributed by atoms with Gasteiger partial charge in [-0.2, -0.15) is 0 Å². The van der Waals surface area contributed by atoms with Gasteiger partial charge >= 0.3 is 17.9 Å². The summed E-state index contributed by atoms with van der Waals surface area (Å²) in [4.78, 5) is 38.3. The molecule has 6 heteroatoms. The average Bonchev–Trinajstić information content (AvgIpc) is 3.44. The SMILES string of the molecule is CC/C=C\C/C=C\C/C=C\C/C=C\C/C=C\C/C=C\CCCCCCCCCCCCC(=O)OCC(COC(=O)CCCCCCC/C=C\CCCCCC)OC(=O)CCCCCCCCCCCCCCCCCCCC. The first-order chi connectivity index (χ1) is 38.5. The number of hydrogen-bond donors (Lipinski definition) is 0. The Morgan fingerprint density at radius 2 is 0.500 bits per heavy atom. The normalized spacial score (nSPS) is 12.6. The molecular weight excluding hydrogens is 961 g/mol. The van der Waals surface area contributed by atoms with Crippen molar-refractivity contribution in [3.63, 3.8) is 0 Å². The van der Waals surface area contributed by atoms with Crippen molar-refractivity contribution in [1.29, 1.82) is 0 Å². The molecule has 0 fully saturated rings. The fourth-order valence-electron chi connectivity index (χ4n) is 9.62. The molecule has 0 aromatic rings. The summed E-state index contributed by atoms with van der Waals surface area (Å²) in [5.74, 6) is -0.873. The van der Waals surface area contributed by atoms with Gasteiger partial charge in [0.15, 0.2) is 6.10 Å². The molecule has 0 aliphatic carbocycles. The Kier molecular flexibility index (Phi) is 63.2. The maximum Gasteiger partial charge on any atom is 0.306 e. The number of hydrogen-bond acceptors (Lipinski definition) is 6. The fraction of sp³-hybridized carbons (Fsp3) is 0.764. The summed E-state index contributed by atoms with van der Waals surface area (Å²) in [7, 11) is 0. The highest BCUT2D eigenvalue weighted by molar-refractivity contribution is 5.71. The maximum absolute atomic E-state index is 12.9. The predicted molar refractivity (Wildman–Crippen MR) is 339 cm³/mol. The second-order valence-electron chi connectivity index (χ2n) is 22.4. The van der Waals surface area contributed by atoms with E-state index < -0.39 is 6.10 Å². The van der Waals surface area contributed by atoms with Crippen LogP contribution >= 0.6 is 0 Å². The molecule has 78 heavy (non-hydrogen) atoms. The molecule has 0 N–H and O–H groups in total. The molecule has 0 spiro atoms. The highest BCUT2D eigenvalue weighted by atomic mass is 16.6. The lowest BCUT2D eigenvalue weighted by molar-refractivity contribution is -0.167. The number of rotatable bonds is 61. The van der Waals surface area contributed by atoms with Crippen molar-refractivity contribution in [3.8, 4) is 0 Å². The van der Waals surface area contributed by atoms with Gasteiger partial charge in [0.25, 0.3) is 0 Å². The van der Waals surface area contributed by atoms with E-state index in [-0.39, 0.29) is 31.1 Å². The van der Waals surface area contributed by atoms with E-state index in [4.69, 9.17) is 14.2 Å². The molecule has 6 nitrogen and oxygen atoms in total. The van der Waals surface area contributed by atoms with Gasteiger partial charge < -0.3 is 14.2 Å². The molecule has 1 atom stereocenters. The molecule has 0 aliphatic rings. The number of carbonyl (C=O) groups is 3. The van der Waals surface area contributed by atoms with Gasteiger partial charge in [-0.3, -0.25) is 14.4 Å². The van der Waals surface area contributed by atoms with Crippen molar-refractivity contribution >= 4 is 17.9 Å². The summed E-state index contributed by atoms with van der Waals surface area (Å²) < 4.78 is 16.9. The van der Waals surface area contributed by atoms with Gasteiger partial charge in [-0.05, 0) is 96.3 Å². The fourth-order valence-corrected chi connectivity index (χ4v) is 9.62. The second kappa shape index (κ2) is 66.1. The monoisotopic (exact) mass is 1090 g/mol. The van der Waals surface area contributed by atoms with E-state index >= 15 is 0 Å². The molecule has 0 saturated carbocycles. The third-order valence-electron chi connectivity index (χ3n) is 14.6. The lowest BCUT2D eigenvalue weighted by Crippen LogP contribution is -2.30. The third-order valence-corrected chi connectivity index (χ3v) is 14.6. The zero-order valence-electron chi connectivity index (χ0n) is 51.7. The quantitative estimate of drug-likeness (QED) is 0.0261. The smallest absolute Gasteiger partial charge is 0.306 e. The van der Waals surface area contributed by atoms with Gasteiger partial charge in [-0.1, -0.05) is 305 Å². The van der Waals surface area contributed by atoms with Crippen LogP contribution in [-0.2, 0) is 28.6 Å². The van der Waals surface area contributed by atoms with Crippen molar-refractivity contribution in [1.82, 2.24) is 0 Å². The van der Waals surface area contributed by atoms with Crippen molar-refractivity contribution in [3.05, 3.63) is 85.1 Å². The van der Waals surface area contributed by atoms with E-state index in [1.165, 1.54) is 193 Å². The summed E-state index contributed by atoms with van der Waals surface area (Å²) in [6.07, 6.45) is 87.4. The number of ether oxygens (including phenoxy) is 3. The Hall–Kier alpha value is -3.41. The summed E-state index contributed by atoms with van der Waals surface area (Å²) in [6, 6.07) is 0. The van der Waals surface area contributed by atoms with Crippen LogP contribution < -0.4 is 0 Å². The molecule has 0 saturated heterocycles. The third kappa shape index (κ3) is 63.4. The van der Waals surface area contributed by atoms with Crippen LogP contribution in [0, 0.1) is 0 Å². The van der Waals surface area contributed by atoms with Gasteiger partial charge in [0, 0.05) is 19.3 Å². The minimum absolute atomic E-state index is 0.0778. The van der Waals surface area contributed by atoms with E-state index in [0.717, 1.165) is 103 Å². The molecule has 0 bridgehead atoms. The zero-order chi connectivity index (χ0) is 56.4. The number of esters is 3. The molecular formula is C72H126O6. The van der Waals surface area contributed by atoms with E-state index in [0.29, 0.717) is 19.3 Å². The highest BCUT2D eigenvalue weighted by Crippen LogP contribution is 2.17. The summed E-state index contributed by atoms with van der Waals surface area (Å²) in [5, 5.41) is 0. The van der Waals surface area contributed by atoms with E-state index in [1.54, 1.807) is 0 Å². The Labute approximate surface area is 484 Å². The predicted octanol–water partition coefficient (Wildman–Crippen LogP) is 23.1. The van der Waals surface area contributed by atoms with E-state index in [1.807, 2.05) is 0 Å². The topological polar surface area (TPSA) is 78.9 Å². The van der Waals surface area contributed by atoms with Crippen molar-refractivity contribution in [2.24, 2.45) is 0 Å². The van der Waals surface area contributed by atoms with Gasteiger partial charge in [-0.25, -0.2) is 0 Å². The number of allylic oxidation sites excluding steroid dienone is 14. The molecule has 0 rings (SSSR count). The lowest BCUT2D eigenvalue weighted by atomic mass is 10.0. The summed E-state index contributed by atoms with van der Waals surface area (Å²) >= 11 is 0. The summed E-state index contributed by atoms with van der Waals surface area (Å²) in [6.45, 7) is 6.54. The molecule has 1 unspecified atom stereocenters. The average molecular weight is 1090 g/mol. The summed E-state index contributed by atoms with van der Waals surface area (Å²) in [5.41, 5.74) is 0. The lowest BCUT2D eigenvalue weighted by Gasteiger charge is -2.18. The van der Waals surface area contributed by atoms with Crippen molar-refractivity contribution in [2.45, 2.75) is 341 Å². The van der Waals surface area contributed by atoms with Crippen LogP contribution in [0.2, 0.25) is 0 Å². The van der Waals surface area contributed by atoms with Crippen LogP contribution in [0.25, 0.3) is 0 Å². The molecule has 0 aromatic carbocycles. The Morgan fingerprint density at radius 1 is 0.269 bits per heavy atom. The molecule has 450 valence electrons. The van der Waals surface area contributed by atoms with Crippen LogP contribution in [0.15, 0.2) is 85.1 Å². The van der Waals surface area contributed by atoms with Gasteiger partial charge in [0.2, 0.25) is 0 Å². The van der Waals surface area contributed by atoms with E-state index in [9.17, 15) is 14.4 Å². The number of unbranched alkanes of at least 4 members (excludes halogenated alkanes) is 36. The maximum atomic E-state index is 12.9. The first-order valence-electron chi connectivity index (χ1n) is 33.6. The molecule has 0 aromatic heterocycles. The van der Waals surface area contributed by atoms with Crippen molar-refractivity contribution in [2.75, 3.05) is 13.2 Å². The van der Waals surface area contributed by atoms with Gasteiger partial charge in [0.05, 0.1) is 0 Å². The van der Waals surface area contributed by atoms with Crippen LogP contribution in [0.4, 0.5) is 0 Å². The van der Waals surface area contributed by atoms with Crippen LogP contribution in [0.1, 0.15) is 335 Å². The Balaban J connectivity index is 4.27. The standard InChI is InChI=1S/C72H126O6/c1-4-7-10-13-16-19-22-25-27-29-31-32-33-34-35-36-37-38-39-40-41-43-44-47-50-53-56-59-62-65-71(74)77-68-69(67-76-70(73)64-61-58-55-52-49-46-24-21-18-15-12-9-6-3)78-72(75)66-63-60-57-54-51-48-45-42-30-28-26-23-20-17-14-11-8-5-2/h7,10,16,19,21,24-25,27,31-32,34-35,37-38,69H,4-6,8-9,11-15,17-18,20,22-23,26,28-30,33,36,39-68H2,1-3H3/b10-7-,19-16-,24-21-,27-25-,32-31-,35-34-,38-37-. The van der Waals surface area contributed by atoms with Crippen LogP contribution in [0.3, 0.4) is 0 Å². The molecule has 0 radical (unpaired) electrons. The minimum Gasteiger partial charge on any atom is -0.462 e. The molecule has 0 heterocycles. The largest absolute Gasteiger partial charge is 0.462 e. The second-order valence-corrected chi connectivity index (χ2v) is 22.4. The first kappa shape index (κ1) is 74.6. The zero-order valence-corrected chi connectivity index (χ0v) is 51.7. The van der Waals surface area contributed by atoms with E-state index in [2.05, 4.69) is 106 Å². The number of carbonyl (C=O) groups excluding carboxylic acids is 3.